The van der Waals surface area contributed by atoms with Gasteiger partial charge in [0.2, 0.25) is 0 Å². The highest BCUT2D eigenvalue weighted by atomic mass is 79.9. The molecule has 2 amide bonds. The Bertz CT molecular complexity index is 1380. The molecule has 0 bridgehead atoms. The van der Waals surface area contributed by atoms with Crippen molar-refractivity contribution >= 4 is 50.5 Å². The Morgan fingerprint density at radius 3 is 2.64 bits per heavy atom. The van der Waals surface area contributed by atoms with E-state index in [2.05, 4.69) is 36.5 Å². The van der Waals surface area contributed by atoms with E-state index < -0.39 is 5.91 Å². The molecule has 0 spiro atoms. The van der Waals surface area contributed by atoms with Crippen LogP contribution < -0.4 is 10.6 Å². The number of fused-ring (bicyclic) bond motifs is 1. The molecule has 3 heterocycles. The van der Waals surface area contributed by atoms with Gasteiger partial charge in [-0.3, -0.25) is 9.59 Å². The predicted octanol–water partition coefficient (Wildman–Crippen LogP) is 5.51. The number of carbonyl (C=O) groups is 2. The minimum Gasteiger partial charge on any atom is -0.350 e. The summed E-state index contributed by atoms with van der Waals surface area (Å²) in [6.07, 6.45) is 5.03. The summed E-state index contributed by atoms with van der Waals surface area (Å²) in [7, 11) is 0. The van der Waals surface area contributed by atoms with Crippen molar-refractivity contribution in [3.63, 3.8) is 0 Å². The van der Waals surface area contributed by atoms with Gasteiger partial charge in [-0.05, 0) is 62.7 Å². The van der Waals surface area contributed by atoms with Crippen molar-refractivity contribution < 1.29 is 9.59 Å². The van der Waals surface area contributed by atoms with Crippen LogP contribution >= 0.6 is 27.5 Å². The molecule has 0 aliphatic carbocycles. The van der Waals surface area contributed by atoms with E-state index in [1.165, 1.54) is 0 Å². The molecular formula is C24H21BrClN5O2. The molecule has 0 aliphatic heterocycles. The second-order valence-electron chi connectivity index (χ2n) is 7.83. The van der Waals surface area contributed by atoms with Crippen molar-refractivity contribution in [2.24, 2.45) is 0 Å². The lowest BCUT2D eigenvalue weighted by molar-refractivity contribution is 0.0944. The van der Waals surface area contributed by atoms with Crippen molar-refractivity contribution in [3.8, 4) is 11.3 Å². The lowest BCUT2D eigenvalue weighted by Crippen LogP contribution is -2.31. The van der Waals surface area contributed by atoms with E-state index in [9.17, 15) is 9.59 Å². The molecular weight excluding hydrogens is 506 g/mol. The van der Waals surface area contributed by atoms with Crippen molar-refractivity contribution in [2.75, 3.05) is 5.32 Å². The third-order valence-electron chi connectivity index (χ3n) is 5.00. The van der Waals surface area contributed by atoms with Crippen LogP contribution in [0.25, 0.3) is 16.8 Å². The second kappa shape index (κ2) is 9.33. The molecule has 168 valence electrons. The topological polar surface area (TPSA) is 88.4 Å². The lowest BCUT2D eigenvalue weighted by Gasteiger charge is -2.17. The number of nitrogens with one attached hydrogen (secondary N) is 2. The van der Waals surface area contributed by atoms with Crippen LogP contribution in [0.1, 0.15) is 40.3 Å². The fourth-order valence-electron chi connectivity index (χ4n) is 3.60. The molecule has 3 aromatic heterocycles. The number of anilines is 1. The molecule has 0 unspecified atom stereocenters. The van der Waals surface area contributed by atoms with Crippen LogP contribution in [0.3, 0.4) is 0 Å². The fourth-order valence-corrected chi connectivity index (χ4v) is 4.38. The number of rotatable bonds is 5. The van der Waals surface area contributed by atoms with Gasteiger partial charge in [-0.1, -0.05) is 27.5 Å². The molecule has 0 aliphatic rings. The summed E-state index contributed by atoms with van der Waals surface area (Å²) in [6, 6.07) is 10.7. The Labute approximate surface area is 204 Å². The van der Waals surface area contributed by atoms with Crippen molar-refractivity contribution in [1.29, 1.82) is 0 Å². The summed E-state index contributed by atoms with van der Waals surface area (Å²) in [4.78, 5) is 35.0. The highest BCUT2D eigenvalue weighted by Gasteiger charge is 2.23. The van der Waals surface area contributed by atoms with Gasteiger partial charge in [0, 0.05) is 28.5 Å². The average molecular weight is 527 g/mol. The molecule has 1 aromatic carbocycles. The Morgan fingerprint density at radius 2 is 1.91 bits per heavy atom. The first kappa shape index (κ1) is 22.9. The van der Waals surface area contributed by atoms with Gasteiger partial charge in [0.15, 0.2) is 5.69 Å². The molecule has 9 heteroatoms. The maximum Gasteiger partial charge on any atom is 0.276 e. The van der Waals surface area contributed by atoms with Gasteiger partial charge >= 0.3 is 0 Å². The van der Waals surface area contributed by atoms with Crippen molar-refractivity contribution in [1.82, 2.24) is 19.7 Å². The van der Waals surface area contributed by atoms with E-state index in [0.29, 0.717) is 22.5 Å². The van der Waals surface area contributed by atoms with Crippen LogP contribution in [0, 0.1) is 6.92 Å². The highest BCUT2D eigenvalue weighted by molar-refractivity contribution is 9.10. The molecule has 7 nitrogen and oxygen atoms in total. The second-order valence-corrected chi connectivity index (χ2v) is 9.10. The van der Waals surface area contributed by atoms with E-state index >= 15 is 0 Å². The van der Waals surface area contributed by atoms with E-state index in [4.69, 9.17) is 11.6 Å². The third-order valence-corrected chi connectivity index (χ3v) is 5.76. The Balaban J connectivity index is 1.83. The molecule has 33 heavy (non-hydrogen) atoms. The first-order valence-corrected chi connectivity index (χ1v) is 11.4. The van der Waals surface area contributed by atoms with Gasteiger partial charge in [0.05, 0.1) is 28.7 Å². The number of halogens is 2. The van der Waals surface area contributed by atoms with E-state index in [0.717, 1.165) is 15.6 Å². The van der Waals surface area contributed by atoms with Crippen LogP contribution in [-0.4, -0.2) is 32.2 Å². The fraction of sp³-hybridized carbons (Fsp3) is 0.167. The number of aromatic nitrogens is 3. The maximum absolute atomic E-state index is 13.5. The van der Waals surface area contributed by atoms with Crippen molar-refractivity contribution in [2.45, 2.75) is 26.8 Å². The minimum absolute atomic E-state index is 0.0579. The minimum atomic E-state index is -0.468. The zero-order chi connectivity index (χ0) is 23.7. The molecule has 0 radical (unpaired) electrons. The number of nitrogens with zero attached hydrogens (tertiary/aromatic N) is 3. The summed E-state index contributed by atoms with van der Waals surface area (Å²) in [5.41, 5.74) is 3.55. The van der Waals surface area contributed by atoms with Gasteiger partial charge < -0.3 is 15.0 Å². The number of pyridine rings is 1. The van der Waals surface area contributed by atoms with Crippen LogP contribution in [0.2, 0.25) is 5.15 Å². The number of hydrogen-bond acceptors (Lipinski definition) is 4. The van der Waals surface area contributed by atoms with E-state index in [-0.39, 0.29) is 22.8 Å². The zero-order valence-electron chi connectivity index (χ0n) is 18.2. The SMILES string of the molecule is Cc1cc(Br)cc(C(=O)NC(C)C)c1NC(=O)c1ncc2cccn2c1-c1cccnc1Cl. The lowest BCUT2D eigenvalue weighted by atomic mass is 10.1. The highest BCUT2D eigenvalue weighted by Crippen LogP contribution is 2.31. The first-order chi connectivity index (χ1) is 15.8. The van der Waals surface area contributed by atoms with Crippen molar-refractivity contribution in [3.05, 3.63) is 81.4 Å². The number of amides is 2. The Hall–Kier alpha value is -3.23. The monoisotopic (exact) mass is 525 g/mol. The average Bonchev–Trinajstić information content (AvgIpc) is 3.23. The van der Waals surface area contributed by atoms with Crippen LogP contribution in [0.4, 0.5) is 5.69 Å². The smallest absolute Gasteiger partial charge is 0.276 e. The quantitative estimate of drug-likeness (QED) is 0.336. The number of carbonyl (C=O) groups excluding carboxylic acids is 2. The first-order valence-electron chi connectivity index (χ1n) is 10.3. The summed E-state index contributed by atoms with van der Waals surface area (Å²) in [5, 5.41) is 6.03. The molecule has 4 aromatic rings. The third kappa shape index (κ3) is 4.62. The number of hydrogen-bond donors (Lipinski definition) is 2. The molecule has 2 N–H and O–H groups in total. The largest absolute Gasteiger partial charge is 0.350 e. The molecule has 4 rings (SSSR count). The predicted molar refractivity (Wildman–Crippen MR) is 133 cm³/mol. The zero-order valence-corrected chi connectivity index (χ0v) is 20.5. The van der Waals surface area contributed by atoms with Crippen LogP contribution in [0.15, 0.2) is 59.5 Å². The van der Waals surface area contributed by atoms with Crippen LogP contribution in [-0.2, 0) is 0 Å². The molecule has 0 fully saturated rings. The molecule has 0 saturated heterocycles. The molecule has 0 saturated carbocycles. The van der Waals surface area contributed by atoms with Gasteiger partial charge in [0.25, 0.3) is 11.8 Å². The van der Waals surface area contributed by atoms with E-state index in [1.807, 2.05) is 49.6 Å². The summed E-state index contributed by atoms with van der Waals surface area (Å²) in [6.45, 7) is 5.58. The Morgan fingerprint density at radius 1 is 1.12 bits per heavy atom. The number of benzene rings is 1. The van der Waals surface area contributed by atoms with Gasteiger partial charge in [-0.25, -0.2) is 9.97 Å². The molecule has 0 atom stereocenters. The van der Waals surface area contributed by atoms with Gasteiger partial charge in [-0.2, -0.15) is 0 Å². The van der Waals surface area contributed by atoms with E-state index in [1.54, 1.807) is 30.6 Å². The summed E-state index contributed by atoms with van der Waals surface area (Å²) < 4.78 is 2.58. The summed E-state index contributed by atoms with van der Waals surface area (Å²) >= 11 is 9.81. The summed E-state index contributed by atoms with van der Waals surface area (Å²) in [5.74, 6) is -0.751. The van der Waals surface area contributed by atoms with Gasteiger partial charge in [0.1, 0.15) is 5.15 Å². The van der Waals surface area contributed by atoms with Gasteiger partial charge in [-0.15, -0.1) is 0 Å². The normalized spacial score (nSPS) is 11.1. The standard InChI is InChI=1S/C24H21BrClN5O2/c1-13(2)29-23(32)18-11-15(25)10-14(3)19(18)30-24(33)20-21(17-7-4-8-27-22(17)26)31-9-5-6-16(31)12-28-20/h4-13H,1-3H3,(H,29,32)(H,30,33). The van der Waals surface area contributed by atoms with Crippen LogP contribution in [0.5, 0.6) is 0 Å². The Kier molecular flexibility index (Phi) is 6.49. The maximum atomic E-state index is 13.5. The number of aryl methyl sites for hydroxylation is 1.